The number of nitrogens with zero attached hydrogens (tertiary/aromatic N) is 1. The number of hydrogen-bond donors (Lipinski definition) is 1. The van der Waals surface area contributed by atoms with Crippen LogP contribution in [0.3, 0.4) is 0 Å². The Morgan fingerprint density at radius 2 is 1.80 bits per heavy atom. The number of fused-ring (bicyclic) bond motifs is 1. The van der Waals surface area contributed by atoms with E-state index in [9.17, 15) is 9.59 Å². The number of carbonyl (C=O) groups is 2. The van der Waals surface area contributed by atoms with Crippen LogP contribution in [-0.2, 0) is 4.79 Å². The lowest BCUT2D eigenvalue weighted by atomic mass is 9.84. The third-order valence-corrected chi connectivity index (χ3v) is 7.12. The number of para-hydroxylation sites is 2. The number of likely N-dealkylation sites (tertiary alicyclic amines) is 1. The second kappa shape index (κ2) is 9.13. The first-order valence-electron chi connectivity index (χ1n) is 10.5. The summed E-state index contributed by atoms with van der Waals surface area (Å²) < 4.78 is 5.43. The van der Waals surface area contributed by atoms with E-state index in [1.54, 1.807) is 31.0 Å². The summed E-state index contributed by atoms with van der Waals surface area (Å²) in [5, 5.41) is 3.09. The van der Waals surface area contributed by atoms with E-state index in [1.165, 1.54) is 6.42 Å². The Bertz CT molecular complexity index is 932. The molecular formula is C24H28N2O3S. The van der Waals surface area contributed by atoms with Crippen LogP contribution in [0.25, 0.3) is 0 Å². The number of thioether (sulfide) groups is 1. The van der Waals surface area contributed by atoms with Gasteiger partial charge in [0.1, 0.15) is 11.8 Å². The van der Waals surface area contributed by atoms with E-state index in [-0.39, 0.29) is 17.9 Å². The molecule has 30 heavy (non-hydrogen) atoms. The highest BCUT2D eigenvalue weighted by atomic mass is 32.2. The molecule has 1 aliphatic heterocycles. The van der Waals surface area contributed by atoms with E-state index in [0.29, 0.717) is 17.2 Å². The molecule has 3 unspecified atom stereocenters. The number of methoxy groups -OCH3 is 1. The van der Waals surface area contributed by atoms with E-state index in [1.807, 2.05) is 47.6 Å². The van der Waals surface area contributed by atoms with Gasteiger partial charge >= 0.3 is 0 Å². The summed E-state index contributed by atoms with van der Waals surface area (Å²) in [7, 11) is 1.57. The first-order valence-corrected chi connectivity index (χ1v) is 11.8. The van der Waals surface area contributed by atoms with E-state index < -0.39 is 6.04 Å². The van der Waals surface area contributed by atoms with Gasteiger partial charge in [-0.15, -0.1) is 11.8 Å². The van der Waals surface area contributed by atoms with Crippen molar-refractivity contribution in [2.45, 2.75) is 49.1 Å². The molecular weight excluding hydrogens is 396 g/mol. The lowest BCUT2D eigenvalue weighted by Gasteiger charge is -2.34. The van der Waals surface area contributed by atoms with E-state index >= 15 is 0 Å². The average molecular weight is 425 g/mol. The fraction of sp³-hybridized carbons (Fsp3) is 0.417. The SMILES string of the molecule is COc1ccccc1C(=O)N1C(C(=O)Nc2ccccc2SC)CC2CCCCC21. The van der Waals surface area contributed by atoms with Gasteiger partial charge in [-0.05, 0) is 55.7 Å². The molecule has 1 saturated heterocycles. The maximum atomic E-state index is 13.6. The highest BCUT2D eigenvalue weighted by Crippen LogP contribution is 2.41. The molecule has 1 saturated carbocycles. The molecule has 1 aliphatic carbocycles. The van der Waals surface area contributed by atoms with Crippen molar-refractivity contribution < 1.29 is 14.3 Å². The minimum absolute atomic E-state index is 0.103. The first kappa shape index (κ1) is 20.8. The zero-order valence-electron chi connectivity index (χ0n) is 17.5. The van der Waals surface area contributed by atoms with Gasteiger partial charge in [-0.2, -0.15) is 0 Å². The van der Waals surface area contributed by atoms with Crippen LogP contribution in [0.5, 0.6) is 5.75 Å². The maximum Gasteiger partial charge on any atom is 0.258 e. The second-order valence-corrected chi connectivity index (χ2v) is 8.81. The Morgan fingerprint density at radius 1 is 1.07 bits per heavy atom. The average Bonchev–Trinajstić information content (AvgIpc) is 3.18. The molecule has 5 nitrogen and oxygen atoms in total. The standard InChI is InChI=1S/C24H28N2O3S/c1-29-21-13-7-4-10-17(21)24(28)26-19-12-6-3-9-16(19)15-20(26)23(27)25-18-11-5-8-14-22(18)30-2/h4-5,7-8,10-11,13-14,16,19-20H,3,6,9,12,15H2,1-2H3,(H,25,27). The zero-order chi connectivity index (χ0) is 21.1. The van der Waals surface area contributed by atoms with Crippen LogP contribution in [0.4, 0.5) is 5.69 Å². The predicted octanol–water partition coefficient (Wildman–Crippen LogP) is 4.83. The van der Waals surface area contributed by atoms with Crippen LogP contribution in [-0.4, -0.2) is 42.2 Å². The summed E-state index contributed by atoms with van der Waals surface area (Å²) in [6.07, 6.45) is 7.01. The summed E-state index contributed by atoms with van der Waals surface area (Å²) in [6, 6.07) is 14.7. The lowest BCUT2D eigenvalue weighted by Crippen LogP contribution is -2.48. The molecule has 2 fully saturated rings. The molecule has 2 aliphatic rings. The summed E-state index contributed by atoms with van der Waals surface area (Å²) in [5.41, 5.74) is 1.32. The quantitative estimate of drug-likeness (QED) is 0.699. The summed E-state index contributed by atoms with van der Waals surface area (Å²) in [4.78, 5) is 29.9. The Morgan fingerprint density at radius 3 is 2.60 bits per heavy atom. The van der Waals surface area contributed by atoms with Crippen molar-refractivity contribution in [3.05, 3.63) is 54.1 Å². The fourth-order valence-electron chi connectivity index (χ4n) is 4.91. The predicted molar refractivity (Wildman–Crippen MR) is 120 cm³/mol. The Hall–Kier alpha value is -2.47. The zero-order valence-corrected chi connectivity index (χ0v) is 18.3. The van der Waals surface area contributed by atoms with Gasteiger partial charge in [0.25, 0.3) is 5.91 Å². The Balaban J connectivity index is 1.65. The van der Waals surface area contributed by atoms with Crippen molar-refractivity contribution in [1.82, 2.24) is 4.90 Å². The smallest absolute Gasteiger partial charge is 0.258 e. The van der Waals surface area contributed by atoms with Crippen molar-refractivity contribution in [3.8, 4) is 5.75 Å². The van der Waals surface area contributed by atoms with Gasteiger partial charge in [0.15, 0.2) is 0 Å². The van der Waals surface area contributed by atoms with Crippen LogP contribution >= 0.6 is 11.8 Å². The van der Waals surface area contributed by atoms with Gasteiger partial charge in [0.2, 0.25) is 5.91 Å². The van der Waals surface area contributed by atoms with Crippen molar-refractivity contribution in [2.75, 3.05) is 18.7 Å². The van der Waals surface area contributed by atoms with Gasteiger partial charge in [0.05, 0.1) is 18.4 Å². The summed E-state index contributed by atoms with van der Waals surface area (Å²) >= 11 is 1.60. The summed E-state index contributed by atoms with van der Waals surface area (Å²) in [5.74, 6) is 0.715. The molecule has 0 aromatic heterocycles. The van der Waals surface area contributed by atoms with Crippen molar-refractivity contribution in [1.29, 1.82) is 0 Å². The molecule has 0 spiro atoms. The first-order chi connectivity index (χ1) is 14.6. The van der Waals surface area contributed by atoms with Crippen molar-refractivity contribution >= 4 is 29.3 Å². The number of ether oxygens (including phenoxy) is 1. The summed E-state index contributed by atoms with van der Waals surface area (Å²) in [6.45, 7) is 0. The molecule has 2 amide bonds. The molecule has 2 aromatic rings. The molecule has 0 bridgehead atoms. The number of amides is 2. The number of nitrogens with one attached hydrogen (secondary N) is 1. The number of benzene rings is 2. The molecule has 158 valence electrons. The van der Waals surface area contributed by atoms with Crippen LogP contribution in [0, 0.1) is 5.92 Å². The third kappa shape index (κ3) is 3.93. The van der Waals surface area contributed by atoms with Crippen LogP contribution < -0.4 is 10.1 Å². The van der Waals surface area contributed by atoms with Gasteiger partial charge in [0, 0.05) is 10.9 Å². The Kier molecular flexibility index (Phi) is 6.32. The second-order valence-electron chi connectivity index (χ2n) is 7.97. The fourth-order valence-corrected chi connectivity index (χ4v) is 5.46. The number of anilines is 1. The molecule has 0 radical (unpaired) electrons. The van der Waals surface area contributed by atoms with Gasteiger partial charge in [-0.25, -0.2) is 0 Å². The molecule has 1 heterocycles. The lowest BCUT2D eigenvalue weighted by molar-refractivity contribution is -0.120. The number of carbonyl (C=O) groups excluding carboxylic acids is 2. The minimum atomic E-state index is -0.467. The van der Waals surface area contributed by atoms with E-state index in [4.69, 9.17) is 4.74 Å². The van der Waals surface area contributed by atoms with Gasteiger partial charge in [-0.1, -0.05) is 37.1 Å². The van der Waals surface area contributed by atoms with Crippen LogP contribution in [0.1, 0.15) is 42.5 Å². The molecule has 3 atom stereocenters. The van der Waals surface area contributed by atoms with Gasteiger partial charge < -0.3 is 15.0 Å². The highest BCUT2D eigenvalue weighted by Gasteiger charge is 2.48. The highest BCUT2D eigenvalue weighted by molar-refractivity contribution is 7.98. The Labute approximate surface area is 182 Å². The number of hydrogen-bond acceptors (Lipinski definition) is 4. The normalized spacial score (nSPS) is 23.0. The maximum absolute atomic E-state index is 13.6. The van der Waals surface area contributed by atoms with Crippen molar-refractivity contribution in [2.24, 2.45) is 5.92 Å². The van der Waals surface area contributed by atoms with Crippen LogP contribution in [0.2, 0.25) is 0 Å². The number of rotatable bonds is 5. The molecule has 1 N–H and O–H groups in total. The third-order valence-electron chi connectivity index (χ3n) is 6.33. The van der Waals surface area contributed by atoms with E-state index in [0.717, 1.165) is 36.3 Å². The largest absolute Gasteiger partial charge is 0.496 e. The molecule has 4 rings (SSSR count). The van der Waals surface area contributed by atoms with Gasteiger partial charge in [-0.3, -0.25) is 9.59 Å². The monoisotopic (exact) mass is 424 g/mol. The molecule has 2 aromatic carbocycles. The minimum Gasteiger partial charge on any atom is -0.496 e. The topological polar surface area (TPSA) is 58.6 Å². The van der Waals surface area contributed by atoms with Crippen LogP contribution in [0.15, 0.2) is 53.4 Å². The van der Waals surface area contributed by atoms with Crippen molar-refractivity contribution in [3.63, 3.8) is 0 Å². The van der Waals surface area contributed by atoms with E-state index in [2.05, 4.69) is 5.32 Å². The molecule has 6 heteroatoms.